The van der Waals surface area contributed by atoms with E-state index in [1.165, 1.54) is 0 Å². The summed E-state index contributed by atoms with van der Waals surface area (Å²) in [7, 11) is 0. The van der Waals surface area contributed by atoms with E-state index in [0.717, 1.165) is 6.41 Å². The molecule has 3 amide bonds. The minimum Gasteiger partial charge on any atom is -0.434 e. The molecule has 0 spiro atoms. The second-order valence-electron chi connectivity index (χ2n) is 3.66. The largest absolute Gasteiger partial charge is 0.434 e. The van der Waals surface area contributed by atoms with E-state index < -0.39 is 0 Å². The fourth-order valence-corrected chi connectivity index (χ4v) is 1.90. The number of nitrogens with one attached hydrogen (secondary N) is 1. The summed E-state index contributed by atoms with van der Waals surface area (Å²) in [6.07, 6.45) is 0.804. The van der Waals surface area contributed by atoms with Crippen LogP contribution in [0.1, 0.15) is 0 Å². The lowest BCUT2D eigenvalue weighted by Gasteiger charge is -2.32. The van der Waals surface area contributed by atoms with Crippen molar-refractivity contribution in [1.82, 2.24) is 9.80 Å². The number of urea groups is 1. The second kappa shape index (κ2) is 5.22. The first kappa shape index (κ1) is 12.0. The lowest BCUT2D eigenvalue weighted by atomic mass is 10.3. The fraction of sp³-hybridized carbons (Fsp3) is 0.400. The van der Waals surface area contributed by atoms with Gasteiger partial charge in [0.05, 0.1) is 0 Å². The molecule has 0 atom stereocenters. The maximum atomic E-state index is 11.8. The standard InChI is InChI=1S/C10H12BrN3O3/c11-8-1-2-9(17-8)12-10(16)14-5-3-13(7-15)4-6-14/h1-2,7H,3-6H2,(H,12,16). The molecule has 17 heavy (non-hydrogen) atoms. The smallest absolute Gasteiger partial charge is 0.324 e. The van der Waals surface area contributed by atoms with Crippen molar-refractivity contribution in [2.75, 3.05) is 31.5 Å². The maximum absolute atomic E-state index is 11.8. The summed E-state index contributed by atoms with van der Waals surface area (Å²) in [5, 5.41) is 2.65. The Morgan fingerprint density at radius 3 is 2.59 bits per heavy atom. The summed E-state index contributed by atoms with van der Waals surface area (Å²) in [6.45, 7) is 2.20. The van der Waals surface area contributed by atoms with E-state index in [9.17, 15) is 9.59 Å². The van der Waals surface area contributed by atoms with Crippen LogP contribution in [0.15, 0.2) is 21.2 Å². The number of furan rings is 1. The van der Waals surface area contributed by atoms with Crippen LogP contribution < -0.4 is 5.32 Å². The topological polar surface area (TPSA) is 65.8 Å². The predicted octanol–water partition coefficient (Wildman–Crippen LogP) is 1.35. The van der Waals surface area contributed by atoms with Crippen LogP contribution in [-0.4, -0.2) is 48.4 Å². The van der Waals surface area contributed by atoms with E-state index in [0.29, 0.717) is 36.7 Å². The van der Waals surface area contributed by atoms with Crippen molar-refractivity contribution in [3.63, 3.8) is 0 Å². The number of halogens is 1. The average molecular weight is 302 g/mol. The molecule has 0 aromatic carbocycles. The van der Waals surface area contributed by atoms with Crippen molar-refractivity contribution in [3.8, 4) is 0 Å². The summed E-state index contributed by atoms with van der Waals surface area (Å²) in [6, 6.07) is 3.17. The molecule has 92 valence electrons. The molecule has 2 rings (SSSR count). The molecule has 1 aliphatic heterocycles. The highest BCUT2D eigenvalue weighted by atomic mass is 79.9. The van der Waals surface area contributed by atoms with Gasteiger partial charge in [-0.2, -0.15) is 0 Å². The Hall–Kier alpha value is -1.50. The van der Waals surface area contributed by atoms with Crippen LogP contribution in [0, 0.1) is 0 Å². The Morgan fingerprint density at radius 1 is 1.35 bits per heavy atom. The normalized spacial score (nSPS) is 15.8. The molecule has 0 saturated carbocycles. The van der Waals surface area contributed by atoms with Gasteiger partial charge in [-0.05, 0) is 22.0 Å². The number of carbonyl (C=O) groups is 2. The van der Waals surface area contributed by atoms with Crippen molar-refractivity contribution in [1.29, 1.82) is 0 Å². The lowest BCUT2D eigenvalue weighted by molar-refractivity contribution is -0.119. The van der Waals surface area contributed by atoms with E-state index in [-0.39, 0.29) is 6.03 Å². The highest BCUT2D eigenvalue weighted by Gasteiger charge is 2.20. The Morgan fingerprint density at radius 2 is 2.06 bits per heavy atom. The van der Waals surface area contributed by atoms with Crippen LogP contribution in [-0.2, 0) is 4.79 Å². The monoisotopic (exact) mass is 301 g/mol. The predicted molar refractivity (Wildman–Crippen MR) is 64.6 cm³/mol. The van der Waals surface area contributed by atoms with Gasteiger partial charge in [-0.3, -0.25) is 10.1 Å². The van der Waals surface area contributed by atoms with Gasteiger partial charge in [-0.1, -0.05) is 0 Å². The van der Waals surface area contributed by atoms with E-state index in [2.05, 4.69) is 21.2 Å². The Kier molecular flexibility index (Phi) is 3.68. The first-order valence-corrected chi connectivity index (χ1v) is 5.99. The SMILES string of the molecule is O=CN1CCN(C(=O)Nc2ccc(Br)o2)CC1. The number of amides is 3. The van der Waals surface area contributed by atoms with Crippen LogP contribution in [0.5, 0.6) is 0 Å². The zero-order valence-corrected chi connectivity index (χ0v) is 10.6. The number of nitrogens with zero attached hydrogens (tertiary/aromatic N) is 2. The minimum absolute atomic E-state index is 0.211. The molecule has 1 aromatic rings. The van der Waals surface area contributed by atoms with Crippen LogP contribution in [0.25, 0.3) is 0 Å². The molecule has 0 aliphatic carbocycles. The maximum Gasteiger partial charge on any atom is 0.324 e. The molecule has 6 nitrogen and oxygen atoms in total. The third-order valence-electron chi connectivity index (χ3n) is 2.55. The van der Waals surface area contributed by atoms with Gasteiger partial charge < -0.3 is 14.2 Å². The van der Waals surface area contributed by atoms with Gasteiger partial charge in [0, 0.05) is 32.2 Å². The number of anilines is 1. The van der Waals surface area contributed by atoms with Crippen molar-refractivity contribution >= 4 is 34.3 Å². The number of hydrogen-bond donors (Lipinski definition) is 1. The number of hydrogen-bond acceptors (Lipinski definition) is 3. The summed E-state index contributed by atoms with van der Waals surface area (Å²) in [5.74, 6) is 0.402. The molecule has 0 radical (unpaired) electrons. The van der Waals surface area contributed by atoms with E-state index in [1.807, 2.05) is 0 Å². The average Bonchev–Trinajstić information content (AvgIpc) is 2.75. The fourth-order valence-electron chi connectivity index (χ4n) is 1.60. The van der Waals surface area contributed by atoms with Crippen molar-refractivity contribution < 1.29 is 14.0 Å². The summed E-state index contributed by atoms with van der Waals surface area (Å²) >= 11 is 3.16. The third-order valence-corrected chi connectivity index (χ3v) is 2.98. The van der Waals surface area contributed by atoms with E-state index >= 15 is 0 Å². The molecular weight excluding hydrogens is 290 g/mol. The lowest BCUT2D eigenvalue weighted by Crippen LogP contribution is -2.49. The van der Waals surface area contributed by atoms with Gasteiger partial charge in [0.25, 0.3) is 0 Å². The molecule has 1 aliphatic rings. The first-order valence-electron chi connectivity index (χ1n) is 5.19. The van der Waals surface area contributed by atoms with Crippen molar-refractivity contribution in [3.05, 3.63) is 16.8 Å². The number of piperazine rings is 1. The third kappa shape index (κ3) is 3.00. The molecule has 7 heteroatoms. The first-order chi connectivity index (χ1) is 8.19. The van der Waals surface area contributed by atoms with Crippen molar-refractivity contribution in [2.45, 2.75) is 0 Å². The van der Waals surface area contributed by atoms with Gasteiger partial charge in [-0.25, -0.2) is 4.79 Å². The Balaban J connectivity index is 1.87. The molecule has 1 saturated heterocycles. The zero-order valence-electron chi connectivity index (χ0n) is 9.06. The molecule has 0 bridgehead atoms. The number of rotatable bonds is 2. The van der Waals surface area contributed by atoms with Crippen LogP contribution in [0.2, 0.25) is 0 Å². The van der Waals surface area contributed by atoms with Crippen molar-refractivity contribution in [2.24, 2.45) is 0 Å². The van der Waals surface area contributed by atoms with Crippen LogP contribution in [0.3, 0.4) is 0 Å². The minimum atomic E-state index is -0.211. The molecule has 1 fully saturated rings. The Bertz CT molecular complexity index is 413. The highest BCUT2D eigenvalue weighted by Crippen LogP contribution is 2.18. The molecule has 1 aromatic heterocycles. The second-order valence-corrected chi connectivity index (χ2v) is 4.44. The molecule has 2 heterocycles. The van der Waals surface area contributed by atoms with Crippen LogP contribution in [0.4, 0.5) is 10.7 Å². The summed E-state index contributed by atoms with van der Waals surface area (Å²) < 4.78 is 5.75. The van der Waals surface area contributed by atoms with Crippen LogP contribution >= 0.6 is 15.9 Å². The van der Waals surface area contributed by atoms with Gasteiger partial charge in [0.15, 0.2) is 4.67 Å². The highest BCUT2D eigenvalue weighted by molar-refractivity contribution is 9.10. The zero-order chi connectivity index (χ0) is 12.3. The van der Waals surface area contributed by atoms with Gasteiger partial charge in [-0.15, -0.1) is 0 Å². The van der Waals surface area contributed by atoms with Gasteiger partial charge in [0.1, 0.15) is 0 Å². The summed E-state index contributed by atoms with van der Waals surface area (Å²) in [5.41, 5.74) is 0. The summed E-state index contributed by atoms with van der Waals surface area (Å²) in [4.78, 5) is 25.6. The van der Waals surface area contributed by atoms with Gasteiger partial charge in [0.2, 0.25) is 12.3 Å². The molecular formula is C10H12BrN3O3. The van der Waals surface area contributed by atoms with E-state index in [4.69, 9.17) is 4.42 Å². The number of carbonyl (C=O) groups excluding carboxylic acids is 2. The Labute approximate surface area is 107 Å². The quantitative estimate of drug-likeness (QED) is 0.839. The van der Waals surface area contributed by atoms with Gasteiger partial charge >= 0.3 is 6.03 Å². The van der Waals surface area contributed by atoms with E-state index in [1.54, 1.807) is 21.9 Å². The molecule has 0 unspecified atom stereocenters. The molecule has 1 N–H and O–H groups in total.